The molecule has 0 N–H and O–H groups in total. The first-order chi connectivity index (χ1) is 38.4. The topological polar surface area (TPSA) is 25.8 Å². The molecule has 0 aliphatic heterocycles. The molecule has 1 aromatic heterocycles. The van der Waals surface area contributed by atoms with Crippen LogP contribution in [0.3, 0.4) is 0 Å². The Morgan fingerprint density at radius 1 is 0.244 bits per heavy atom. The van der Waals surface area contributed by atoms with Crippen LogP contribution in [0.15, 0.2) is 218 Å². The molecule has 0 atom stereocenters. The predicted molar refractivity (Wildman–Crippen MR) is 319 cm³/mol. The summed E-state index contributed by atoms with van der Waals surface area (Å²) in [5.74, 6) is 0. The molecule has 10 aromatic carbocycles. The zero-order chi connectivity index (χ0) is 51.9. The summed E-state index contributed by atoms with van der Waals surface area (Å²) in [6.45, 7) is 9.44. The van der Waals surface area contributed by atoms with Gasteiger partial charge in [0.2, 0.25) is 0 Å². The van der Waals surface area contributed by atoms with Crippen molar-refractivity contribution >= 4 is 0 Å². The lowest BCUT2D eigenvalue weighted by Crippen LogP contribution is -2.27. The Kier molecular flexibility index (Phi) is 8.82. The van der Waals surface area contributed by atoms with Crippen LogP contribution in [0.4, 0.5) is 0 Å². The third kappa shape index (κ3) is 5.08. The minimum atomic E-state index is -0.388. The van der Waals surface area contributed by atoms with Crippen molar-refractivity contribution in [3.63, 3.8) is 0 Å². The van der Waals surface area contributed by atoms with Crippen LogP contribution in [-0.4, -0.2) is 9.97 Å². The highest BCUT2D eigenvalue weighted by atomic mass is 14.9. The second-order valence-corrected chi connectivity index (χ2v) is 23.0. The number of benzene rings is 10. The summed E-state index contributed by atoms with van der Waals surface area (Å²) < 4.78 is 0. The van der Waals surface area contributed by atoms with Gasteiger partial charge in [-0.15, -0.1) is 0 Å². The molecule has 0 saturated carbocycles. The quantitative estimate of drug-likeness (QED) is 0.166. The Hall–Kier alpha value is -8.72. The molecule has 2 heteroatoms. The minimum Gasteiger partial charge on any atom is -0.248 e. The normalized spacial score (nSPS) is 16.1. The summed E-state index contributed by atoms with van der Waals surface area (Å²) in [5.41, 5.74) is 34.8. The number of nitrogens with zero attached hydrogens (tertiary/aromatic N) is 2. The SMILES string of the molecule is CCC1(CC)c2cc(-c3ccc4c(c3)C3(c5ccccc5-c5ccccc53)c3ccccc3-4)ccc2-c2nc3c(nc21)-c1ccc(-c2ccc4c(c2)C2(c5ccccc5-c5ccccc52)c2ccccc2-4)cc1C3(CC)CC. The molecule has 2 nitrogen and oxygen atoms in total. The number of hydrogen-bond acceptors (Lipinski definition) is 2. The van der Waals surface area contributed by atoms with E-state index < -0.39 is 0 Å². The van der Waals surface area contributed by atoms with Gasteiger partial charge in [-0.1, -0.05) is 222 Å². The second kappa shape index (κ2) is 15.5. The molecule has 1 heterocycles. The van der Waals surface area contributed by atoms with Crippen molar-refractivity contribution in [2.75, 3.05) is 0 Å². The summed E-state index contributed by atoms with van der Waals surface area (Å²) >= 11 is 0. The average Bonchev–Trinajstić information content (AvgIpc) is 2.88. The highest BCUT2D eigenvalue weighted by Gasteiger charge is 2.54. The van der Waals surface area contributed by atoms with E-state index in [1.165, 1.54) is 134 Å². The summed E-state index contributed by atoms with van der Waals surface area (Å²) in [6.07, 6.45) is 3.75. The van der Waals surface area contributed by atoms with Crippen molar-refractivity contribution in [1.29, 1.82) is 0 Å². The Labute approximate surface area is 457 Å². The molecule has 0 fully saturated rings. The largest absolute Gasteiger partial charge is 0.248 e. The van der Waals surface area contributed by atoms with E-state index in [0.717, 1.165) is 48.5 Å². The predicted octanol–water partition coefficient (Wildman–Crippen LogP) is 18.7. The highest BCUT2D eigenvalue weighted by Crippen LogP contribution is 2.66. The van der Waals surface area contributed by atoms with Crippen LogP contribution in [-0.2, 0) is 21.7 Å². The van der Waals surface area contributed by atoms with Gasteiger partial charge >= 0.3 is 0 Å². The number of hydrogen-bond donors (Lipinski definition) is 0. The van der Waals surface area contributed by atoms with Crippen LogP contribution >= 0.6 is 0 Å². The monoisotopic (exact) mass is 996 g/mol. The molecule has 2 spiro atoms. The van der Waals surface area contributed by atoms with E-state index in [1.807, 2.05) is 0 Å². The van der Waals surface area contributed by atoms with Gasteiger partial charge in [0.15, 0.2) is 0 Å². The lowest BCUT2D eigenvalue weighted by atomic mass is 9.70. The third-order valence-corrected chi connectivity index (χ3v) is 20.5. The van der Waals surface area contributed by atoms with Crippen molar-refractivity contribution in [1.82, 2.24) is 9.97 Å². The molecule has 0 radical (unpaired) electrons. The first-order valence-electron chi connectivity index (χ1n) is 28.6. The molecule has 0 bridgehead atoms. The van der Waals surface area contributed by atoms with Crippen LogP contribution in [0.1, 0.15) is 120 Å². The van der Waals surface area contributed by atoms with Crippen LogP contribution in [0.25, 0.3) is 89.3 Å². The van der Waals surface area contributed by atoms with Crippen molar-refractivity contribution < 1.29 is 0 Å². The molecule has 78 heavy (non-hydrogen) atoms. The fourth-order valence-electron chi connectivity index (χ4n) is 16.9. The zero-order valence-corrected chi connectivity index (χ0v) is 44.5. The zero-order valence-electron chi connectivity index (χ0n) is 44.5. The molecule has 0 amide bonds. The second-order valence-electron chi connectivity index (χ2n) is 23.0. The number of fused-ring (bicyclic) bond motifs is 26. The fraction of sp³-hybridized carbons (Fsp3) is 0.158. The van der Waals surface area contributed by atoms with Gasteiger partial charge in [0.1, 0.15) is 0 Å². The van der Waals surface area contributed by atoms with Gasteiger partial charge in [-0.2, -0.15) is 0 Å². The molecule has 6 aliphatic carbocycles. The third-order valence-electron chi connectivity index (χ3n) is 20.5. The van der Waals surface area contributed by atoms with E-state index in [-0.39, 0.29) is 21.7 Å². The van der Waals surface area contributed by atoms with Gasteiger partial charge in [-0.05, 0) is 172 Å². The van der Waals surface area contributed by atoms with Crippen molar-refractivity contribution in [3.8, 4) is 89.3 Å². The summed E-state index contributed by atoms with van der Waals surface area (Å²) in [4.78, 5) is 11.9. The smallest absolute Gasteiger partial charge is 0.0934 e. The number of rotatable bonds is 6. The van der Waals surface area contributed by atoms with E-state index in [1.54, 1.807) is 0 Å². The lowest BCUT2D eigenvalue weighted by molar-refractivity contribution is 0.466. The Morgan fingerprint density at radius 2 is 0.474 bits per heavy atom. The maximum Gasteiger partial charge on any atom is 0.0934 e. The van der Waals surface area contributed by atoms with E-state index in [9.17, 15) is 0 Å². The van der Waals surface area contributed by atoms with Crippen molar-refractivity contribution in [2.45, 2.75) is 75.0 Å². The van der Waals surface area contributed by atoms with Crippen LogP contribution in [0, 0.1) is 0 Å². The highest BCUT2D eigenvalue weighted by molar-refractivity contribution is 5.98. The standard InChI is InChI=1S/C76H56N2/c1-5-73(6-2)65-41-45(47-33-37-55-53-25-13-19-31-63(53)75(67(55)43-47)59-27-15-9-21-49(59)50-22-10-16-28-60(50)75)35-39-57(65)69-71(73)77-70-58-40-36-46(42-66(58)74(7-3,8-4)72(70)78-69)48-34-38-56-54-26-14-20-32-64(54)76(68(56)44-48)61-29-17-11-23-51(61)52-24-12-18-30-62(52)76/h9-44H,5-8H2,1-4H3. The Bertz CT molecular complexity index is 4050. The Balaban J connectivity index is 0.789. The minimum absolute atomic E-state index is 0.278. The maximum atomic E-state index is 5.94. The molecule has 0 saturated heterocycles. The maximum absolute atomic E-state index is 5.94. The van der Waals surface area contributed by atoms with Gasteiger partial charge < -0.3 is 0 Å². The van der Waals surface area contributed by atoms with Gasteiger partial charge in [-0.25, -0.2) is 9.97 Å². The molecular weight excluding hydrogens is 941 g/mol. The molecule has 370 valence electrons. The van der Waals surface area contributed by atoms with Crippen molar-refractivity contribution in [3.05, 3.63) is 285 Å². The first kappa shape index (κ1) is 44.4. The fourth-order valence-corrected chi connectivity index (χ4v) is 16.9. The first-order valence-corrected chi connectivity index (χ1v) is 28.6. The molecule has 6 aliphatic rings. The van der Waals surface area contributed by atoms with Gasteiger partial charge in [-0.3, -0.25) is 0 Å². The van der Waals surface area contributed by atoms with E-state index >= 15 is 0 Å². The Morgan fingerprint density at radius 3 is 0.744 bits per heavy atom. The average molecular weight is 997 g/mol. The van der Waals surface area contributed by atoms with Crippen LogP contribution in [0.2, 0.25) is 0 Å². The molecular formula is C76H56N2. The van der Waals surface area contributed by atoms with E-state index in [2.05, 4.69) is 246 Å². The molecule has 17 rings (SSSR count). The van der Waals surface area contributed by atoms with Crippen LogP contribution in [0.5, 0.6) is 0 Å². The van der Waals surface area contributed by atoms with E-state index in [0.29, 0.717) is 0 Å². The summed E-state index contributed by atoms with van der Waals surface area (Å²) in [5, 5.41) is 0. The van der Waals surface area contributed by atoms with Gasteiger partial charge in [0, 0.05) is 22.0 Å². The number of aromatic nitrogens is 2. The summed E-state index contributed by atoms with van der Waals surface area (Å²) in [6, 6.07) is 83.7. The van der Waals surface area contributed by atoms with Crippen molar-refractivity contribution in [2.24, 2.45) is 0 Å². The lowest BCUT2D eigenvalue weighted by Gasteiger charge is -2.31. The van der Waals surface area contributed by atoms with Gasteiger partial charge in [0.25, 0.3) is 0 Å². The summed E-state index contributed by atoms with van der Waals surface area (Å²) in [7, 11) is 0. The molecule has 0 unspecified atom stereocenters. The van der Waals surface area contributed by atoms with Gasteiger partial charge in [0.05, 0.1) is 33.6 Å². The van der Waals surface area contributed by atoms with Crippen LogP contribution < -0.4 is 0 Å². The molecule has 11 aromatic rings. The van der Waals surface area contributed by atoms with E-state index in [4.69, 9.17) is 9.97 Å².